The number of halogens is 3. The fourth-order valence-electron chi connectivity index (χ4n) is 3.07. The highest BCUT2D eigenvalue weighted by molar-refractivity contribution is 7.88. The number of rotatable bonds is 4. The molecule has 3 rings (SSSR count). The zero-order valence-corrected chi connectivity index (χ0v) is 15.5. The molecule has 0 aliphatic carbocycles. The third-order valence-electron chi connectivity index (χ3n) is 4.27. The summed E-state index contributed by atoms with van der Waals surface area (Å²) in [6.45, 7) is 0.0460. The number of amides is 1. The number of hydrogen-bond donors (Lipinski definition) is 1. The van der Waals surface area contributed by atoms with Crippen molar-refractivity contribution in [2.45, 2.75) is 25.4 Å². The second kappa shape index (κ2) is 7.44. The number of fused-ring (bicyclic) bond motifs is 1. The van der Waals surface area contributed by atoms with Crippen LogP contribution in [0.25, 0.3) is 0 Å². The van der Waals surface area contributed by atoms with E-state index in [0.29, 0.717) is 0 Å². The molecule has 28 heavy (non-hydrogen) atoms. The molecule has 0 saturated heterocycles. The van der Waals surface area contributed by atoms with Gasteiger partial charge < -0.3 is 10.1 Å². The molecule has 2 aromatic rings. The molecule has 6 nitrogen and oxygen atoms in total. The van der Waals surface area contributed by atoms with Gasteiger partial charge in [0.1, 0.15) is 11.8 Å². The molecule has 150 valence electrons. The fourth-order valence-corrected chi connectivity index (χ4v) is 4.07. The molecule has 1 atom stereocenters. The second-order valence-electron chi connectivity index (χ2n) is 6.36. The van der Waals surface area contributed by atoms with Crippen molar-refractivity contribution < 1.29 is 31.1 Å². The van der Waals surface area contributed by atoms with Gasteiger partial charge in [-0.2, -0.15) is 4.31 Å². The number of nitrogens with zero attached hydrogens (tertiary/aromatic N) is 1. The van der Waals surface area contributed by atoms with Crippen LogP contribution in [0.5, 0.6) is 5.75 Å². The molecule has 0 fully saturated rings. The maximum Gasteiger partial charge on any atom is 0.573 e. The highest BCUT2D eigenvalue weighted by atomic mass is 32.2. The van der Waals surface area contributed by atoms with Gasteiger partial charge in [0.2, 0.25) is 15.9 Å². The summed E-state index contributed by atoms with van der Waals surface area (Å²) in [5.74, 6) is -1.12. The summed E-state index contributed by atoms with van der Waals surface area (Å²) in [7, 11) is -3.69. The molecule has 1 aliphatic rings. The van der Waals surface area contributed by atoms with Gasteiger partial charge in [-0.1, -0.05) is 30.3 Å². The van der Waals surface area contributed by atoms with Crippen LogP contribution in [0.2, 0.25) is 0 Å². The first-order valence-electron chi connectivity index (χ1n) is 8.23. The molecule has 0 bridgehead atoms. The van der Waals surface area contributed by atoms with Crippen molar-refractivity contribution in [3.05, 3.63) is 59.7 Å². The number of ether oxygens (including phenoxy) is 1. The van der Waals surface area contributed by atoms with E-state index in [9.17, 15) is 26.4 Å². The van der Waals surface area contributed by atoms with Gasteiger partial charge in [0, 0.05) is 18.3 Å². The molecule has 2 aromatic carbocycles. The maximum absolute atomic E-state index is 12.8. The van der Waals surface area contributed by atoms with Crippen LogP contribution in [-0.4, -0.2) is 37.3 Å². The molecule has 10 heteroatoms. The predicted octanol–water partition coefficient (Wildman–Crippen LogP) is 2.91. The Morgan fingerprint density at radius 2 is 1.82 bits per heavy atom. The maximum atomic E-state index is 12.8. The summed E-state index contributed by atoms with van der Waals surface area (Å²) < 4.78 is 66.4. The van der Waals surface area contributed by atoms with E-state index < -0.39 is 34.1 Å². The average Bonchev–Trinajstić information content (AvgIpc) is 2.58. The van der Waals surface area contributed by atoms with E-state index in [1.807, 2.05) is 6.07 Å². The third-order valence-corrected chi connectivity index (χ3v) is 5.50. The Morgan fingerprint density at radius 3 is 2.46 bits per heavy atom. The minimum Gasteiger partial charge on any atom is -0.406 e. The van der Waals surface area contributed by atoms with Crippen molar-refractivity contribution >= 4 is 21.6 Å². The largest absolute Gasteiger partial charge is 0.573 e. The monoisotopic (exact) mass is 414 g/mol. The van der Waals surface area contributed by atoms with E-state index >= 15 is 0 Å². The summed E-state index contributed by atoms with van der Waals surface area (Å²) in [5.41, 5.74) is 1.72. The van der Waals surface area contributed by atoms with Crippen molar-refractivity contribution in [3.8, 4) is 5.75 Å². The van der Waals surface area contributed by atoms with Gasteiger partial charge in [0.25, 0.3) is 0 Å². The number of sulfonamides is 1. The van der Waals surface area contributed by atoms with Crippen molar-refractivity contribution in [3.63, 3.8) is 0 Å². The van der Waals surface area contributed by atoms with Crippen LogP contribution in [0, 0.1) is 0 Å². The van der Waals surface area contributed by atoms with Crippen molar-refractivity contribution in [1.82, 2.24) is 4.31 Å². The average molecular weight is 414 g/mol. The van der Waals surface area contributed by atoms with Crippen molar-refractivity contribution in [2.24, 2.45) is 0 Å². The lowest BCUT2D eigenvalue weighted by molar-refractivity contribution is -0.274. The van der Waals surface area contributed by atoms with Crippen molar-refractivity contribution in [1.29, 1.82) is 0 Å². The number of hydrogen-bond acceptors (Lipinski definition) is 4. The highest BCUT2D eigenvalue weighted by Gasteiger charge is 2.37. The van der Waals surface area contributed by atoms with Gasteiger partial charge in [-0.3, -0.25) is 4.79 Å². The predicted molar refractivity (Wildman–Crippen MR) is 96.1 cm³/mol. The Kier molecular flexibility index (Phi) is 5.35. The van der Waals surface area contributed by atoms with E-state index in [4.69, 9.17) is 0 Å². The summed E-state index contributed by atoms with van der Waals surface area (Å²) in [5, 5.41) is 2.48. The minimum absolute atomic E-state index is 0.0460. The molecule has 0 saturated carbocycles. The van der Waals surface area contributed by atoms with Crippen molar-refractivity contribution in [2.75, 3.05) is 11.6 Å². The summed E-state index contributed by atoms with van der Waals surface area (Å²) in [6, 6.07) is 11.0. The van der Waals surface area contributed by atoms with Gasteiger partial charge in [-0.15, -0.1) is 13.2 Å². The topological polar surface area (TPSA) is 75.7 Å². The number of anilines is 1. The minimum atomic E-state index is -4.86. The lowest BCUT2D eigenvalue weighted by Crippen LogP contribution is -2.50. The van der Waals surface area contributed by atoms with Gasteiger partial charge in [0.05, 0.1) is 6.26 Å². The standard InChI is InChI=1S/C18H17F3N2O4S/c1-28(25,26)23-11-13-6-3-2-5-12(13)9-16(23)17(24)22-14-7-4-8-15(10-14)27-18(19,20)21/h2-8,10,16H,9,11H2,1H3,(H,22,24)/t16-/m1/s1. The van der Waals surface area contributed by atoms with Crippen LogP contribution in [0.3, 0.4) is 0 Å². The van der Waals surface area contributed by atoms with E-state index in [1.54, 1.807) is 18.2 Å². The van der Waals surface area contributed by atoms with Crippen LogP contribution >= 0.6 is 0 Å². The molecule has 0 spiro atoms. The van der Waals surface area contributed by atoms with Gasteiger partial charge in [-0.05, 0) is 29.7 Å². The number of carbonyl (C=O) groups excluding carboxylic acids is 1. The third kappa shape index (κ3) is 4.82. The van der Waals surface area contributed by atoms with E-state index in [-0.39, 0.29) is 18.7 Å². The van der Waals surface area contributed by atoms with Crippen LogP contribution < -0.4 is 10.1 Å². The smallest absolute Gasteiger partial charge is 0.406 e. The Hall–Kier alpha value is -2.59. The van der Waals surface area contributed by atoms with E-state index in [1.165, 1.54) is 12.1 Å². The number of carbonyl (C=O) groups is 1. The van der Waals surface area contributed by atoms with Gasteiger partial charge in [-0.25, -0.2) is 8.42 Å². The molecule has 0 aromatic heterocycles. The Balaban J connectivity index is 1.83. The normalized spacial score (nSPS) is 17.6. The van der Waals surface area contributed by atoms with Crippen LogP contribution in [0.1, 0.15) is 11.1 Å². The molecule has 0 unspecified atom stereocenters. The lowest BCUT2D eigenvalue weighted by Gasteiger charge is -2.34. The summed E-state index contributed by atoms with van der Waals surface area (Å²) >= 11 is 0. The number of nitrogens with one attached hydrogen (secondary N) is 1. The SMILES string of the molecule is CS(=O)(=O)N1Cc2ccccc2C[C@@H]1C(=O)Nc1cccc(OC(F)(F)F)c1. The quantitative estimate of drug-likeness (QED) is 0.835. The van der Waals surface area contributed by atoms with E-state index in [0.717, 1.165) is 33.8 Å². The van der Waals surface area contributed by atoms with Crippen LogP contribution in [0.15, 0.2) is 48.5 Å². The van der Waals surface area contributed by atoms with E-state index in [2.05, 4.69) is 10.1 Å². The molecular weight excluding hydrogens is 397 g/mol. The zero-order chi connectivity index (χ0) is 20.5. The molecule has 1 heterocycles. The molecule has 1 N–H and O–H groups in total. The Bertz CT molecular complexity index is 992. The van der Waals surface area contributed by atoms with Gasteiger partial charge in [0.15, 0.2) is 0 Å². The number of alkyl halides is 3. The van der Waals surface area contributed by atoms with Gasteiger partial charge >= 0.3 is 6.36 Å². The summed E-state index contributed by atoms with van der Waals surface area (Å²) in [4.78, 5) is 12.8. The second-order valence-corrected chi connectivity index (χ2v) is 8.30. The first-order chi connectivity index (χ1) is 13.0. The van der Waals surface area contributed by atoms with Crippen LogP contribution in [-0.2, 0) is 27.8 Å². The first-order valence-corrected chi connectivity index (χ1v) is 10.1. The van der Waals surface area contributed by atoms with Crippen LogP contribution in [0.4, 0.5) is 18.9 Å². The zero-order valence-electron chi connectivity index (χ0n) is 14.7. The lowest BCUT2D eigenvalue weighted by atomic mass is 9.95. The highest BCUT2D eigenvalue weighted by Crippen LogP contribution is 2.28. The molecule has 0 radical (unpaired) electrons. The molecular formula is C18H17F3N2O4S. The first kappa shape index (κ1) is 20.2. The molecule has 1 amide bonds. The summed E-state index contributed by atoms with van der Waals surface area (Å²) in [6.07, 6.45) is -3.68. The number of benzene rings is 2. The Labute approximate surface area is 160 Å². The Morgan fingerprint density at radius 1 is 1.14 bits per heavy atom. The molecule has 1 aliphatic heterocycles. The fraction of sp³-hybridized carbons (Fsp3) is 0.278.